The minimum absolute atomic E-state index is 0.0256. The third-order valence-electron chi connectivity index (χ3n) is 4.97. The van der Waals surface area contributed by atoms with Gasteiger partial charge in [0.1, 0.15) is 5.75 Å². The van der Waals surface area contributed by atoms with Crippen LogP contribution in [0.5, 0.6) is 17.2 Å². The number of carbonyl (C=O) groups excluding carboxylic acids is 3. The molecule has 0 spiro atoms. The first-order chi connectivity index (χ1) is 15.5. The van der Waals surface area contributed by atoms with Crippen LogP contribution in [0.4, 0.5) is 0 Å². The summed E-state index contributed by atoms with van der Waals surface area (Å²) >= 11 is 6.32. The third kappa shape index (κ3) is 6.55. The van der Waals surface area contributed by atoms with Gasteiger partial charge in [-0.3, -0.25) is 9.59 Å². The summed E-state index contributed by atoms with van der Waals surface area (Å²) in [5.41, 5.74) is 7.08. The Kier molecular flexibility index (Phi) is 9.02. The number of esters is 2. The van der Waals surface area contributed by atoms with E-state index in [2.05, 4.69) is 0 Å². The van der Waals surface area contributed by atoms with E-state index in [1.54, 1.807) is 13.0 Å². The maximum absolute atomic E-state index is 12.9. The second-order valence-electron chi connectivity index (χ2n) is 8.53. The molecule has 2 aromatic rings. The first kappa shape index (κ1) is 26.4. The first-order valence-corrected chi connectivity index (χ1v) is 11.0. The van der Waals surface area contributed by atoms with Crippen molar-refractivity contribution in [2.24, 2.45) is 17.6 Å². The van der Waals surface area contributed by atoms with Crippen LogP contribution in [-0.2, 0) is 4.79 Å². The highest BCUT2D eigenvalue weighted by Crippen LogP contribution is 2.34. The number of halogens is 1. The van der Waals surface area contributed by atoms with E-state index in [1.165, 1.54) is 31.4 Å². The Hall–Kier alpha value is -2.90. The van der Waals surface area contributed by atoms with Crippen LogP contribution in [0.1, 0.15) is 60.4 Å². The number of carbonyl (C=O) groups is 3. The van der Waals surface area contributed by atoms with Crippen LogP contribution >= 0.6 is 11.6 Å². The average Bonchev–Trinajstić information content (AvgIpc) is 2.73. The summed E-state index contributed by atoms with van der Waals surface area (Å²) in [5.74, 6) is -1.34. The number of nitrogens with two attached hydrogens (primary N) is 1. The predicted octanol–water partition coefficient (Wildman–Crippen LogP) is 4.99. The fourth-order valence-electron chi connectivity index (χ4n) is 3.03. The molecule has 0 aliphatic carbocycles. The van der Waals surface area contributed by atoms with Gasteiger partial charge in [0.05, 0.1) is 23.7 Å². The van der Waals surface area contributed by atoms with Crippen molar-refractivity contribution in [1.82, 2.24) is 0 Å². The highest BCUT2D eigenvalue weighted by molar-refractivity contribution is 6.35. The fourth-order valence-corrected chi connectivity index (χ4v) is 3.40. The van der Waals surface area contributed by atoms with E-state index >= 15 is 0 Å². The Morgan fingerprint density at radius 1 is 1.00 bits per heavy atom. The van der Waals surface area contributed by atoms with Gasteiger partial charge in [-0.2, -0.15) is 0 Å². The third-order valence-corrected chi connectivity index (χ3v) is 5.34. The van der Waals surface area contributed by atoms with Gasteiger partial charge in [0.25, 0.3) is 0 Å². The number of benzene rings is 2. The molecule has 2 aromatic carbocycles. The zero-order valence-corrected chi connectivity index (χ0v) is 20.5. The number of aryl methyl sites for hydroxylation is 1. The number of ether oxygens (including phenoxy) is 3. The van der Waals surface area contributed by atoms with E-state index in [9.17, 15) is 14.4 Å². The second-order valence-corrected chi connectivity index (χ2v) is 8.91. The van der Waals surface area contributed by atoms with Crippen LogP contribution in [0.3, 0.4) is 0 Å². The zero-order chi connectivity index (χ0) is 24.9. The molecule has 7 nitrogen and oxygen atoms in total. The molecule has 1 unspecified atom stereocenters. The van der Waals surface area contributed by atoms with Crippen molar-refractivity contribution < 1.29 is 28.6 Å². The molecule has 2 N–H and O–H groups in total. The Bertz CT molecular complexity index is 1050. The molecule has 8 heteroatoms. The minimum atomic E-state index is -0.766. The Balaban J connectivity index is 2.43. The highest BCUT2D eigenvalue weighted by Gasteiger charge is 2.24. The Morgan fingerprint density at radius 3 is 2.24 bits per heavy atom. The topological polar surface area (TPSA) is 105 Å². The summed E-state index contributed by atoms with van der Waals surface area (Å²) in [6.07, 6.45) is 0.151. The van der Waals surface area contributed by atoms with Gasteiger partial charge in [0, 0.05) is 12.0 Å². The van der Waals surface area contributed by atoms with Crippen LogP contribution in [0.15, 0.2) is 30.3 Å². The standard InChI is InChI=1S/C25H30ClNO6/c1-13(2)11-20(28)32-19-12-16(23(29)22(27)14(3)4)8-10-18(19)33-25(30)17-9-7-15(5)24(31-6)21(17)26/h7-10,12-14,22H,11,27H2,1-6H3. The maximum atomic E-state index is 12.9. The normalized spacial score (nSPS) is 11.9. The van der Waals surface area contributed by atoms with Crippen molar-refractivity contribution in [2.75, 3.05) is 7.11 Å². The lowest BCUT2D eigenvalue weighted by Gasteiger charge is -2.17. The van der Waals surface area contributed by atoms with Gasteiger partial charge in [0.2, 0.25) is 0 Å². The molecule has 178 valence electrons. The molecule has 0 bridgehead atoms. The molecule has 0 radical (unpaired) electrons. The monoisotopic (exact) mass is 475 g/mol. The van der Waals surface area contributed by atoms with Gasteiger partial charge in [-0.05, 0) is 48.6 Å². The molecule has 1 atom stereocenters. The van der Waals surface area contributed by atoms with Gasteiger partial charge < -0.3 is 19.9 Å². The number of methoxy groups -OCH3 is 1. The molecule has 0 heterocycles. The van der Waals surface area contributed by atoms with Crippen molar-refractivity contribution >= 4 is 29.3 Å². The summed E-state index contributed by atoms with van der Waals surface area (Å²) in [6.45, 7) is 9.21. The Labute approximate surface area is 199 Å². The zero-order valence-electron chi connectivity index (χ0n) is 19.7. The van der Waals surface area contributed by atoms with Gasteiger partial charge in [-0.15, -0.1) is 0 Å². The SMILES string of the molecule is COc1c(C)ccc(C(=O)Oc2ccc(C(=O)C(N)C(C)C)cc2OC(=O)CC(C)C)c1Cl. The van der Waals surface area contributed by atoms with Crippen LogP contribution in [0, 0.1) is 18.8 Å². The summed E-state index contributed by atoms with van der Waals surface area (Å²) < 4.78 is 16.2. The van der Waals surface area contributed by atoms with Crippen molar-refractivity contribution in [1.29, 1.82) is 0 Å². The van der Waals surface area contributed by atoms with Crippen molar-refractivity contribution in [3.63, 3.8) is 0 Å². The van der Waals surface area contributed by atoms with E-state index in [4.69, 9.17) is 31.5 Å². The summed E-state index contributed by atoms with van der Waals surface area (Å²) in [7, 11) is 1.45. The van der Waals surface area contributed by atoms with Crippen LogP contribution in [-0.4, -0.2) is 30.9 Å². The first-order valence-electron chi connectivity index (χ1n) is 10.7. The molecular weight excluding hydrogens is 446 g/mol. The van der Waals surface area contributed by atoms with Crippen LogP contribution in [0.25, 0.3) is 0 Å². The lowest BCUT2D eigenvalue weighted by Crippen LogP contribution is -2.35. The smallest absolute Gasteiger partial charge is 0.345 e. The van der Waals surface area contributed by atoms with Crippen molar-refractivity contribution in [2.45, 2.75) is 47.1 Å². The fraction of sp³-hybridized carbons (Fsp3) is 0.400. The van der Waals surface area contributed by atoms with Gasteiger partial charge in [-0.25, -0.2) is 4.79 Å². The molecule has 0 fully saturated rings. The maximum Gasteiger partial charge on any atom is 0.345 e. The molecular formula is C25H30ClNO6. The van der Waals surface area contributed by atoms with Crippen molar-refractivity contribution in [3.05, 3.63) is 52.0 Å². The molecule has 2 rings (SSSR count). The number of hydrogen-bond acceptors (Lipinski definition) is 7. The lowest BCUT2D eigenvalue weighted by molar-refractivity contribution is -0.135. The van der Waals surface area contributed by atoms with Gasteiger partial charge >= 0.3 is 11.9 Å². The molecule has 0 aromatic heterocycles. The number of ketones is 1. The van der Waals surface area contributed by atoms with E-state index in [1.807, 2.05) is 27.7 Å². The van der Waals surface area contributed by atoms with Gasteiger partial charge in [-0.1, -0.05) is 45.4 Å². The lowest BCUT2D eigenvalue weighted by atomic mass is 9.96. The van der Waals surface area contributed by atoms with Crippen LogP contribution < -0.4 is 19.9 Å². The van der Waals surface area contributed by atoms with E-state index in [0.717, 1.165) is 5.56 Å². The molecule has 0 saturated heterocycles. The quantitative estimate of drug-likeness (QED) is 0.309. The average molecular weight is 476 g/mol. The molecule has 0 amide bonds. The highest BCUT2D eigenvalue weighted by atomic mass is 35.5. The second kappa shape index (κ2) is 11.3. The van der Waals surface area contributed by atoms with E-state index in [0.29, 0.717) is 5.75 Å². The largest absolute Gasteiger partial charge is 0.495 e. The molecule has 0 saturated carbocycles. The molecule has 33 heavy (non-hydrogen) atoms. The minimum Gasteiger partial charge on any atom is -0.495 e. The molecule has 0 aliphatic rings. The van der Waals surface area contributed by atoms with Crippen molar-refractivity contribution in [3.8, 4) is 17.2 Å². The predicted molar refractivity (Wildman–Crippen MR) is 126 cm³/mol. The molecule has 0 aliphatic heterocycles. The number of Topliss-reactive ketones (excluding diaryl/α,β-unsaturated/α-hetero) is 1. The van der Waals surface area contributed by atoms with Gasteiger partial charge in [0.15, 0.2) is 17.3 Å². The number of rotatable bonds is 9. The summed E-state index contributed by atoms with van der Waals surface area (Å²) in [5, 5.41) is 0.107. The Morgan fingerprint density at radius 2 is 1.67 bits per heavy atom. The summed E-state index contributed by atoms with van der Waals surface area (Å²) in [4.78, 5) is 37.9. The van der Waals surface area contributed by atoms with Crippen LogP contribution in [0.2, 0.25) is 5.02 Å². The number of hydrogen-bond donors (Lipinski definition) is 1. The summed E-state index contributed by atoms with van der Waals surface area (Å²) in [6, 6.07) is 6.71. The van der Waals surface area contributed by atoms with E-state index < -0.39 is 18.0 Å². The van der Waals surface area contributed by atoms with E-state index in [-0.39, 0.29) is 51.7 Å².